The molecule has 3 rings (SSSR count). The Morgan fingerprint density at radius 1 is 1.09 bits per heavy atom. The number of alkyl halides is 3. The second kappa shape index (κ2) is 7.43. The minimum absolute atomic E-state index is 0. The van der Waals surface area contributed by atoms with E-state index in [4.69, 9.17) is 0 Å². The molecule has 1 aromatic carbocycles. The van der Waals surface area contributed by atoms with Gasteiger partial charge in [0, 0.05) is 17.4 Å². The first-order chi connectivity index (χ1) is 10.5. The van der Waals surface area contributed by atoms with Gasteiger partial charge in [0.1, 0.15) is 0 Å². The average molecular weight is 364 g/mol. The third-order valence-electron chi connectivity index (χ3n) is 4.77. The van der Waals surface area contributed by atoms with Gasteiger partial charge in [-0.3, -0.25) is 0 Å². The van der Waals surface area contributed by atoms with Gasteiger partial charge in [0.25, 0.3) is 0 Å². The van der Waals surface area contributed by atoms with Crippen LogP contribution in [0.1, 0.15) is 61.8 Å². The Balaban J connectivity index is 0.00000192. The standard InChI is InChI=1S/C18H22F3S.ClH/c1-2-13-10-7-11-16-15(13)12-17(22(16)18(19,20)21)14-8-5-3-4-6-9-14;/h7,10-12,14H,2-6,8-9H2,1H3;1H/q+1;. The number of halogens is 4. The number of thiophene rings is 1. The Morgan fingerprint density at radius 3 is 2.30 bits per heavy atom. The Bertz CT molecular complexity index is 652. The third kappa shape index (κ3) is 3.69. The molecule has 1 heterocycles. The van der Waals surface area contributed by atoms with Gasteiger partial charge < -0.3 is 0 Å². The van der Waals surface area contributed by atoms with E-state index in [-0.39, 0.29) is 18.3 Å². The van der Waals surface area contributed by atoms with Crippen molar-refractivity contribution in [1.29, 1.82) is 0 Å². The van der Waals surface area contributed by atoms with Crippen molar-refractivity contribution in [3.05, 3.63) is 34.7 Å². The summed E-state index contributed by atoms with van der Waals surface area (Å²) in [6.07, 6.45) is 7.07. The maximum absolute atomic E-state index is 13.8. The summed E-state index contributed by atoms with van der Waals surface area (Å²) in [6.45, 7) is 2.01. The van der Waals surface area contributed by atoms with Gasteiger partial charge in [-0.15, -0.1) is 25.6 Å². The van der Waals surface area contributed by atoms with Crippen molar-refractivity contribution in [2.45, 2.75) is 63.3 Å². The molecule has 0 bridgehead atoms. The zero-order valence-corrected chi connectivity index (χ0v) is 14.9. The number of hydrogen-bond donors (Lipinski definition) is 0. The van der Waals surface area contributed by atoms with Crippen molar-refractivity contribution in [1.82, 2.24) is 0 Å². The van der Waals surface area contributed by atoms with E-state index in [9.17, 15) is 13.2 Å². The Kier molecular flexibility index (Phi) is 6.01. The van der Waals surface area contributed by atoms with E-state index in [1.54, 1.807) is 12.1 Å². The number of benzene rings is 1. The maximum Gasteiger partial charge on any atom is 0.600 e. The molecule has 1 fully saturated rings. The van der Waals surface area contributed by atoms with E-state index in [1.165, 1.54) is 0 Å². The minimum atomic E-state index is -4.16. The maximum atomic E-state index is 13.8. The van der Waals surface area contributed by atoms with Crippen molar-refractivity contribution >= 4 is 33.0 Å². The summed E-state index contributed by atoms with van der Waals surface area (Å²) in [7, 11) is -1.71. The Morgan fingerprint density at radius 2 is 1.74 bits per heavy atom. The van der Waals surface area contributed by atoms with Crippen molar-refractivity contribution in [2.75, 3.05) is 0 Å². The molecule has 5 heteroatoms. The summed E-state index contributed by atoms with van der Waals surface area (Å²) in [5, 5.41) is 0.852. The number of fused-ring (bicyclic) bond motifs is 1. The molecule has 1 aliphatic rings. The molecule has 1 atom stereocenters. The largest absolute Gasteiger partial charge is 0.600 e. The lowest BCUT2D eigenvalue weighted by atomic mass is 9.97. The minimum Gasteiger partial charge on any atom is -0.147 e. The monoisotopic (exact) mass is 363 g/mol. The molecule has 0 radical (unpaired) electrons. The van der Waals surface area contributed by atoms with Crippen LogP contribution in [0.4, 0.5) is 13.2 Å². The van der Waals surface area contributed by atoms with Crippen LogP contribution in [0.2, 0.25) is 0 Å². The van der Waals surface area contributed by atoms with E-state index in [0.717, 1.165) is 55.9 Å². The molecule has 0 amide bonds. The summed E-state index contributed by atoms with van der Waals surface area (Å²) >= 11 is 0. The van der Waals surface area contributed by atoms with Crippen molar-refractivity contribution < 1.29 is 13.2 Å². The van der Waals surface area contributed by atoms with E-state index in [2.05, 4.69) is 0 Å². The lowest BCUT2D eigenvalue weighted by Gasteiger charge is -2.10. The second-order valence-corrected chi connectivity index (χ2v) is 8.16. The van der Waals surface area contributed by atoms with E-state index >= 15 is 0 Å². The van der Waals surface area contributed by atoms with Crippen LogP contribution >= 0.6 is 22.9 Å². The second-order valence-electron chi connectivity index (χ2n) is 6.17. The van der Waals surface area contributed by atoms with Gasteiger partial charge in [-0.1, -0.05) is 44.7 Å². The zero-order chi connectivity index (χ0) is 15.7. The van der Waals surface area contributed by atoms with Crippen LogP contribution in [0.3, 0.4) is 0 Å². The highest BCUT2D eigenvalue weighted by Crippen LogP contribution is 2.55. The molecule has 0 nitrogen and oxygen atoms in total. The first kappa shape index (κ1) is 18.6. The number of rotatable bonds is 2. The molecule has 1 saturated carbocycles. The van der Waals surface area contributed by atoms with E-state index in [1.807, 2.05) is 19.1 Å². The average Bonchev–Trinajstić information content (AvgIpc) is 2.67. The van der Waals surface area contributed by atoms with Gasteiger partial charge in [-0.25, -0.2) is 0 Å². The Hall–Kier alpha value is -0.740. The molecule has 0 saturated heterocycles. The van der Waals surface area contributed by atoms with Crippen LogP contribution < -0.4 is 0 Å². The molecule has 0 N–H and O–H groups in total. The van der Waals surface area contributed by atoms with E-state index in [0.29, 0.717) is 9.58 Å². The van der Waals surface area contributed by atoms with Gasteiger partial charge >= 0.3 is 5.51 Å². The molecule has 0 aliphatic heterocycles. The predicted molar refractivity (Wildman–Crippen MR) is 94.8 cm³/mol. The molecule has 2 aromatic rings. The molecule has 1 unspecified atom stereocenters. The van der Waals surface area contributed by atoms with Crippen molar-refractivity contribution in [3.8, 4) is 0 Å². The summed E-state index contributed by atoms with van der Waals surface area (Å²) in [5.74, 6) is 0.115. The highest BCUT2D eigenvalue weighted by molar-refractivity contribution is 7.38. The molecular formula is C18H23ClF3S+. The fraction of sp³-hybridized carbons (Fsp3) is 0.556. The van der Waals surface area contributed by atoms with Gasteiger partial charge in [0.05, 0.1) is 10.5 Å². The summed E-state index contributed by atoms with van der Waals surface area (Å²) < 4.78 is 41.8. The summed E-state index contributed by atoms with van der Waals surface area (Å²) in [4.78, 5) is 0.658. The predicted octanol–water partition coefficient (Wildman–Crippen LogP) is 7.49. The molecular weight excluding hydrogens is 341 g/mol. The lowest BCUT2D eigenvalue weighted by molar-refractivity contribution is -0.0868. The molecule has 0 spiro atoms. The molecule has 1 aromatic heterocycles. The highest BCUT2D eigenvalue weighted by Gasteiger charge is 2.49. The fourth-order valence-corrected chi connectivity index (χ4v) is 5.87. The number of hydrogen-bond acceptors (Lipinski definition) is 0. The smallest absolute Gasteiger partial charge is 0.147 e. The highest BCUT2D eigenvalue weighted by atomic mass is 35.5. The van der Waals surface area contributed by atoms with Crippen LogP contribution in [-0.4, -0.2) is 0 Å². The zero-order valence-electron chi connectivity index (χ0n) is 13.3. The van der Waals surface area contributed by atoms with Crippen molar-refractivity contribution in [3.63, 3.8) is 0 Å². The first-order valence-corrected chi connectivity index (χ1v) is 9.39. The first-order valence-electron chi connectivity index (χ1n) is 8.17. The van der Waals surface area contributed by atoms with Gasteiger partial charge in [-0.2, -0.15) is 0 Å². The van der Waals surface area contributed by atoms with Crippen LogP contribution in [0, 0.1) is 0 Å². The van der Waals surface area contributed by atoms with Crippen LogP contribution in [0.25, 0.3) is 10.1 Å². The number of aryl methyl sites for hydroxylation is 1. The fourth-order valence-electron chi connectivity index (χ4n) is 3.67. The molecule has 128 valence electrons. The molecule has 1 aliphatic carbocycles. The summed E-state index contributed by atoms with van der Waals surface area (Å²) in [5.41, 5.74) is -3.11. The van der Waals surface area contributed by atoms with Crippen LogP contribution in [0.5, 0.6) is 0 Å². The van der Waals surface area contributed by atoms with E-state index < -0.39 is 16.0 Å². The Labute approximate surface area is 144 Å². The topological polar surface area (TPSA) is 0 Å². The van der Waals surface area contributed by atoms with Gasteiger partial charge in [-0.05, 0) is 30.9 Å². The normalized spacial score (nSPS) is 17.8. The summed E-state index contributed by atoms with van der Waals surface area (Å²) in [6, 6.07) is 7.32. The van der Waals surface area contributed by atoms with Crippen LogP contribution in [-0.2, 0) is 11.9 Å². The van der Waals surface area contributed by atoms with Crippen molar-refractivity contribution in [2.24, 2.45) is 0 Å². The van der Waals surface area contributed by atoms with Gasteiger partial charge in [0.2, 0.25) is 0 Å². The lowest BCUT2D eigenvalue weighted by Crippen LogP contribution is -2.02. The SMILES string of the molecule is CCc1cccc2c1cc(C1CCCCCC1)[s+]2C(F)(F)F.Cl. The van der Waals surface area contributed by atoms with Crippen LogP contribution in [0.15, 0.2) is 24.3 Å². The molecule has 23 heavy (non-hydrogen) atoms. The van der Waals surface area contributed by atoms with Gasteiger partial charge in [0.15, 0.2) is 9.58 Å². The quantitative estimate of drug-likeness (QED) is 0.383. The third-order valence-corrected chi connectivity index (χ3v) is 6.95.